The average Bonchev–Trinajstić information content (AvgIpc) is 3.33. The molecule has 3 heterocycles. The van der Waals surface area contributed by atoms with Crippen molar-refractivity contribution >= 4 is 11.5 Å². The highest BCUT2D eigenvalue weighted by atomic mass is 16.5. The Balaban J connectivity index is 1.47. The smallest absolute Gasteiger partial charge is 0.261 e. The Kier molecular flexibility index (Phi) is 3.87. The van der Waals surface area contributed by atoms with Gasteiger partial charge in [0, 0.05) is 25.0 Å². The summed E-state index contributed by atoms with van der Waals surface area (Å²) in [6, 6.07) is 10.2. The Bertz CT molecular complexity index is 1170. The summed E-state index contributed by atoms with van der Waals surface area (Å²) in [6.45, 7) is 0. The number of benzene rings is 1. The second-order valence-electron chi connectivity index (χ2n) is 7.54. The Hall–Kier alpha value is -3.68. The van der Waals surface area contributed by atoms with Crippen LogP contribution in [0.5, 0.6) is 0 Å². The van der Waals surface area contributed by atoms with Crippen molar-refractivity contribution in [1.29, 1.82) is 0 Å². The minimum absolute atomic E-state index is 0.207. The maximum absolute atomic E-state index is 5.90. The van der Waals surface area contributed by atoms with Gasteiger partial charge in [-0.1, -0.05) is 35.8 Å². The van der Waals surface area contributed by atoms with Crippen molar-refractivity contribution in [2.75, 3.05) is 11.5 Å². The number of rotatable bonds is 4. The summed E-state index contributed by atoms with van der Waals surface area (Å²) in [4.78, 5) is 8.84. The molecule has 1 aromatic carbocycles. The maximum Gasteiger partial charge on any atom is 0.261 e. The summed E-state index contributed by atoms with van der Waals surface area (Å²) in [5.41, 5.74) is 15.9. The molecule has 0 amide bonds. The van der Waals surface area contributed by atoms with Crippen molar-refractivity contribution in [2.45, 2.75) is 24.7 Å². The molecule has 0 saturated heterocycles. The van der Waals surface area contributed by atoms with Gasteiger partial charge in [0.15, 0.2) is 5.82 Å². The standard InChI is InChI=1S/C21H21N7O/c1-28-12-15(11-25-28)19-26-20(27-29-19)21(7-2-8-21)16-5-3-13(4-6-16)14-9-17(22)18(23)24-10-14/h3-6,9-12H,2,7-8,22H2,1H3,(H2,23,24). The summed E-state index contributed by atoms with van der Waals surface area (Å²) in [5, 5.41) is 8.48. The monoisotopic (exact) mass is 387 g/mol. The second kappa shape index (κ2) is 6.44. The first-order chi connectivity index (χ1) is 14.0. The molecule has 5 rings (SSSR count). The Labute approximate surface area is 167 Å². The summed E-state index contributed by atoms with van der Waals surface area (Å²) in [6.07, 6.45) is 8.46. The predicted octanol–water partition coefficient (Wildman–Crippen LogP) is 3.17. The van der Waals surface area contributed by atoms with Crippen molar-refractivity contribution in [3.05, 3.63) is 60.3 Å². The lowest BCUT2D eigenvalue weighted by Crippen LogP contribution is -2.36. The largest absolute Gasteiger partial charge is 0.396 e. The molecule has 3 aromatic heterocycles. The zero-order valence-corrected chi connectivity index (χ0v) is 16.0. The van der Waals surface area contributed by atoms with Gasteiger partial charge >= 0.3 is 0 Å². The van der Waals surface area contributed by atoms with E-state index in [1.54, 1.807) is 17.1 Å². The summed E-state index contributed by atoms with van der Waals surface area (Å²) in [7, 11) is 1.86. The number of hydrogen-bond acceptors (Lipinski definition) is 7. The van der Waals surface area contributed by atoms with Crippen molar-refractivity contribution in [1.82, 2.24) is 24.9 Å². The van der Waals surface area contributed by atoms with E-state index < -0.39 is 0 Å². The Morgan fingerprint density at radius 3 is 2.45 bits per heavy atom. The molecule has 0 atom stereocenters. The third-order valence-electron chi connectivity index (χ3n) is 5.73. The lowest BCUT2D eigenvalue weighted by Gasteiger charge is -2.39. The number of nitrogen functional groups attached to an aromatic ring is 2. The molecule has 1 aliphatic rings. The first-order valence-electron chi connectivity index (χ1n) is 9.50. The van der Waals surface area contributed by atoms with Crippen LogP contribution in [0.1, 0.15) is 30.7 Å². The van der Waals surface area contributed by atoms with Gasteiger partial charge in [-0.15, -0.1) is 0 Å². The van der Waals surface area contributed by atoms with Gasteiger partial charge in [-0.2, -0.15) is 10.1 Å². The molecule has 29 heavy (non-hydrogen) atoms. The van der Waals surface area contributed by atoms with Gasteiger partial charge in [0.25, 0.3) is 5.89 Å². The fraction of sp³-hybridized carbons (Fsp3) is 0.238. The van der Waals surface area contributed by atoms with E-state index in [1.807, 2.05) is 19.3 Å². The van der Waals surface area contributed by atoms with E-state index in [0.29, 0.717) is 17.4 Å². The summed E-state index contributed by atoms with van der Waals surface area (Å²) in [5.74, 6) is 1.58. The number of pyridine rings is 1. The SMILES string of the molecule is Cn1cc(-c2nc(C3(c4ccc(-c5cnc(N)c(N)c5)cc4)CCC3)no2)cn1. The van der Waals surface area contributed by atoms with Crippen LogP contribution in [0.2, 0.25) is 0 Å². The van der Waals surface area contributed by atoms with Gasteiger partial charge in [0.05, 0.1) is 22.9 Å². The maximum atomic E-state index is 5.90. The van der Waals surface area contributed by atoms with Gasteiger partial charge < -0.3 is 16.0 Å². The van der Waals surface area contributed by atoms with Gasteiger partial charge in [0.2, 0.25) is 0 Å². The zero-order valence-electron chi connectivity index (χ0n) is 16.0. The molecule has 8 heteroatoms. The fourth-order valence-electron chi connectivity index (χ4n) is 3.87. The molecule has 8 nitrogen and oxygen atoms in total. The number of aromatic nitrogens is 5. The molecule has 1 aliphatic carbocycles. The number of hydrogen-bond donors (Lipinski definition) is 2. The van der Waals surface area contributed by atoms with Crippen LogP contribution in [0.4, 0.5) is 11.5 Å². The number of aryl methyl sites for hydroxylation is 1. The van der Waals surface area contributed by atoms with Crippen LogP contribution in [-0.4, -0.2) is 24.9 Å². The van der Waals surface area contributed by atoms with Crippen molar-refractivity contribution in [3.63, 3.8) is 0 Å². The van der Waals surface area contributed by atoms with Crippen LogP contribution in [0.3, 0.4) is 0 Å². The first-order valence-corrected chi connectivity index (χ1v) is 9.50. The highest BCUT2D eigenvalue weighted by molar-refractivity contribution is 5.71. The Morgan fingerprint density at radius 1 is 1.03 bits per heavy atom. The minimum Gasteiger partial charge on any atom is -0.396 e. The molecular formula is C21H21N7O. The van der Waals surface area contributed by atoms with E-state index in [0.717, 1.165) is 41.8 Å². The molecule has 0 spiro atoms. The van der Waals surface area contributed by atoms with Crippen molar-refractivity contribution in [3.8, 4) is 22.6 Å². The number of nitrogens with two attached hydrogens (primary N) is 2. The van der Waals surface area contributed by atoms with Crippen LogP contribution in [0.15, 0.2) is 53.4 Å². The van der Waals surface area contributed by atoms with E-state index in [4.69, 9.17) is 21.0 Å². The van der Waals surface area contributed by atoms with Gasteiger partial charge in [0.1, 0.15) is 5.82 Å². The van der Waals surface area contributed by atoms with Crippen LogP contribution in [0.25, 0.3) is 22.6 Å². The number of anilines is 2. The minimum atomic E-state index is -0.207. The van der Waals surface area contributed by atoms with Crippen LogP contribution < -0.4 is 11.5 Å². The molecule has 0 aliphatic heterocycles. The van der Waals surface area contributed by atoms with E-state index in [2.05, 4.69) is 39.5 Å². The highest BCUT2D eigenvalue weighted by Gasteiger charge is 2.44. The lowest BCUT2D eigenvalue weighted by atomic mass is 9.64. The topological polar surface area (TPSA) is 122 Å². The van der Waals surface area contributed by atoms with E-state index in [9.17, 15) is 0 Å². The summed E-state index contributed by atoms with van der Waals surface area (Å²) < 4.78 is 7.25. The fourth-order valence-corrected chi connectivity index (χ4v) is 3.87. The second-order valence-corrected chi connectivity index (χ2v) is 7.54. The van der Waals surface area contributed by atoms with Gasteiger partial charge in [-0.3, -0.25) is 4.68 Å². The highest BCUT2D eigenvalue weighted by Crippen LogP contribution is 2.48. The average molecular weight is 387 g/mol. The summed E-state index contributed by atoms with van der Waals surface area (Å²) >= 11 is 0. The first kappa shape index (κ1) is 17.4. The predicted molar refractivity (Wildman–Crippen MR) is 110 cm³/mol. The third-order valence-corrected chi connectivity index (χ3v) is 5.73. The van der Waals surface area contributed by atoms with Crippen LogP contribution in [-0.2, 0) is 12.5 Å². The van der Waals surface area contributed by atoms with Crippen molar-refractivity contribution in [2.24, 2.45) is 7.05 Å². The third kappa shape index (κ3) is 2.84. The zero-order chi connectivity index (χ0) is 20.0. The Morgan fingerprint density at radius 2 is 1.83 bits per heavy atom. The van der Waals surface area contributed by atoms with Crippen LogP contribution in [0, 0.1) is 0 Å². The molecule has 4 N–H and O–H groups in total. The molecule has 4 aromatic rings. The number of nitrogens with zero attached hydrogens (tertiary/aromatic N) is 5. The van der Waals surface area contributed by atoms with E-state index in [-0.39, 0.29) is 5.41 Å². The molecule has 0 radical (unpaired) electrons. The molecule has 1 fully saturated rings. The molecule has 0 unspecified atom stereocenters. The molecule has 0 bridgehead atoms. The molecule has 146 valence electrons. The van der Waals surface area contributed by atoms with Crippen molar-refractivity contribution < 1.29 is 4.52 Å². The van der Waals surface area contributed by atoms with Crippen LogP contribution >= 0.6 is 0 Å². The van der Waals surface area contributed by atoms with E-state index in [1.165, 1.54) is 5.56 Å². The van der Waals surface area contributed by atoms with E-state index >= 15 is 0 Å². The van der Waals surface area contributed by atoms with Gasteiger partial charge in [-0.25, -0.2) is 4.98 Å². The molecule has 1 saturated carbocycles. The normalized spacial score (nSPS) is 15.2. The molecular weight excluding hydrogens is 366 g/mol. The van der Waals surface area contributed by atoms with Gasteiger partial charge in [-0.05, 0) is 30.0 Å². The lowest BCUT2D eigenvalue weighted by molar-refractivity contribution is 0.273. The quantitative estimate of drug-likeness (QED) is 0.551.